The summed E-state index contributed by atoms with van der Waals surface area (Å²) < 4.78 is 14.8. The zero-order valence-electron chi connectivity index (χ0n) is 12.2. The molecule has 0 radical (unpaired) electrons. The fraction of sp³-hybridized carbons (Fsp3) is 0.429. The molecule has 0 unspecified atom stereocenters. The molecular weight excluding hydrogens is 319 g/mol. The molecule has 7 heteroatoms. The van der Waals surface area contributed by atoms with E-state index in [9.17, 15) is 9.59 Å². The molecule has 1 rings (SSSR count). The summed E-state index contributed by atoms with van der Waals surface area (Å²) in [6, 6.07) is 2.62. The number of hydrogen-bond acceptors (Lipinski definition) is 5. The fourth-order valence-electron chi connectivity index (χ4n) is 1.34. The molecule has 21 heavy (non-hydrogen) atoms. The highest BCUT2D eigenvalue weighted by molar-refractivity contribution is 6.37. The molecule has 0 saturated heterocycles. The first-order chi connectivity index (χ1) is 9.64. The number of rotatable bonds is 3. The summed E-state index contributed by atoms with van der Waals surface area (Å²) in [5.74, 6) is -0.634. The van der Waals surface area contributed by atoms with Crippen LogP contribution < -0.4 is 4.74 Å². The number of carbonyl (C=O) groups is 2. The molecule has 0 aromatic heterocycles. The molecule has 1 aromatic carbocycles. The van der Waals surface area contributed by atoms with Crippen LogP contribution in [0.15, 0.2) is 12.1 Å². The smallest absolute Gasteiger partial charge is 0.462 e. The Labute approximate surface area is 133 Å². The third kappa shape index (κ3) is 5.44. The summed E-state index contributed by atoms with van der Waals surface area (Å²) in [6.45, 7) is 7.00. The van der Waals surface area contributed by atoms with Crippen molar-refractivity contribution in [1.82, 2.24) is 0 Å². The van der Waals surface area contributed by atoms with Gasteiger partial charge in [-0.15, -0.1) is 0 Å². The lowest BCUT2D eigenvalue weighted by Gasteiger charge is -2.19. The Kier molecular flexibility index (Phi) is 5.87. The third-order valence-corrected chi connectivity index (χ3v) is 2.65. The molecule has 0 N–H and O–H groups in total. The van der Waals surface area contributed by atoms with Crippen molar-refractivity contribution in [3.8, 4) is 5.75 Å². The van der Waals surface area contributed by atoms with Crippen LogP contribution in [-0.4, -0.2) is 24.3 Å². The number of halogens is 2. The van der Waals surface area contributed by atoms with Crippen molar-refractivity contribution in [3.05, 3.63) is 27.7 Å². The van der Waals surface area contributed by atoms with E-state index in [1.807, 2.05) is 0 Å². The predicted molar refractivity (Wildman–Crippen MR) is 79.3 cm³/mol. The number of ether oxygens (including phenoxy) is 3. The van der Waals surface area contributed by atoms with Crippen LogP contribution in [0.5, 0.6) is 5.75 Å². The molecule has 0 aliphatic rings. The maximum atomic E-state index is 11.6. The Morgan fingerprint density at radius 3 is 2.10 bits per heavy atom. The molecule has 0 amide bonds. The molecule has 1 aromatic rings. The van der Waals surface area contributed by atoms with Gasteiger partial charge in [-0.25, -0.2) is 9.59 Å². The summed E-state index contributed by atoms with van der Waals surface area (Å²) in [5, 5.41) is 0.0211. The molecule has 5 nitrogen and oxygen atoms in total. The lowest BCUT2D eigenvalue weighted by molar-refractivity contribution is 0.0206. The van der Waals surface area contributed by atoms with E-state index in [1.54, 1.807) is 27.7 Å². The predicted octanol–water partition coefficient (Wildman–Crippen LogP) is 4.48. The first kappa shape index (κ1) is 17.6. The average Bonchev–Trinajstić information content (AvgIpc) is 2.31. The van der Waals surface area contributed by atoms with Gasteiger partial charge in [-0.3, -0.25) is 0 Å². The standard InChI is InChI=1S/C14H16Cl2O5/c1-5-19-12(17)8-6-9(15)11(10(16)7-8)20-13(18)21-14(2,3)4/h6-7H,5H2,1-4H3. The van der Waals surface area contributed by atoms with E-state index in [1.165, 1.54) is 12.1 Å². The van der Waals surface area contributed by atoms with Gasteiger partial charge in [-0.2, -0.15) is 0 Å². The molecule has 0 aliphatic carbocycles. The zero-order valence-corrected chi connectivity index (χ0v) is 13.7. The Balaban J connectivity index is 2.95. The highest BCUT2D eigenvalue weighted by atomic mass is 35.5. The van der Waals surface area contributed by atoms with Gasteiger partial charge in [0.1, 0.15) is 5.60 Å². The maximum Gasteiger partial charge on any atom is 0.514 e. The van der Waals surface area contributed by atoms with Crippen molar-refractivity contribution < 1.29 is 23.8 Å². The lowest BCUT2D eigenvalue weighted by Crippen LogP contribution is -2.26. The van der Waals surface area contributed by atoms with Gasteiger partial charge in [-0.05, 0) is 39.8 Å². The van der Waals surface area contributed by atoms with Gasteiger partial charge in [0.25, 0.3) is 0 Å². The summed E-state index contributed by atoms with van der Waals surface area (Å²) >= 11 is 11.9. The second-order valence-corrected chi connectivity index (χ2v) is 5.87. The largest absolute Gasteiger partial charge is 0.514 e. The van der Waals surface area contributed by atoms with Gasteiger partial charge >= 0.3 is 12.1 Å². The summed E-state index contributed by atoms with van der Waals surface area (Å²) in [6.07, 6.45) is -0.935. The Hall–Kier alpha value is -1.46. The SMILES string of the molecule is CCOC(=O)c1cc(Cl)c(OC(=O)OC(C)(C)C)c(Cl)c1. The van der Waals surface area contributed by atoms with Crippen molar-refractivity contribution in [2.45, 2.75) is 33.3 Å². The van der Waals surface area contributed by atoms with Crippen molar-refractivity contribution in [1.29, 1.82) is 0 Å². The minimum absolute atomic E-state index is 0.0106. The monoisotopic (exact) mass is 334 g/mol. The fourth-order valence-corrected chi connectivity index (χ4v) is 1.91. The van der Waals surface area contributed by atoms with E-state index in [0.29, 0.717) is 0 Å². The topological polar surface area (TPSA) is 61.8 Å². The van der Waals surface area contributed by atoms with E-state index in [2.05, 4.69) is 0 Å². The molecule has 116 valence electrons. The molecule has 0 fully saturated rings. The van der Waals surface area contributed by atoms with E-state index >= 15 is 0 Å². The van der Waals surface area contributed by atoms with Crippen molar-refractivity contribution in [2.75, 3.05) is 6.61 Å². The molecule has 0 bridgehead atoms. The molecule has 0 aliphatic heterocycles. The number of esters is 1. The first-order valence-electron chi connectivity index (χ1n) is 6.21. The quantitative estimate of drug-likeness (QED) is 0.602. The summed E-state index contributed by atoms with van der Waals surface area (Å²) in [7, 11) is 0. The van der Waals surface area contributed by atoms with Crippen LogP contribution in [0.4, 0.5) is 4.79 Å². The van der Waals surface area contributed by atoms with Gasteiger partial charge in [0.05, 0.1) is 22.2 Å². The van der Waals surface area contributed by atoms with Crippen LogP contribution in [0, 0.1) is 0 Å². The summed E-state index contributed by atoms with van der Waals surface area (Å²) in [4.78, 5) is 23.2. The zero-order chi connectivity index (χ0) is 16.2. The molecule has 0 atom stereocenters. The van der Waals surface area contributed by atoms with Crippen LogP contribution in [0.2, 0.25) is 10.0 Å². The van der Waals surface area contributed by atoms with Crippen molar-refractivity contribution in [2.24, 2.45) is 0 Å². The third-order valence-electron chi connectivity index (χ3n) is 2.08. The second kappa shape index (κ2) is 7.00. The minimum Gasteiger partial charge on any atom is -0.462 e. The van der Waals surface area contributed by atoms with Gasteiger partial charge in [-0.1, -0.05) is 23.2 Å². The molecule has 0 heterocycles. The Bertz CT molecular complexity index is 526. The second-order valence-electron chi connectivity index (χ2n) is 5.06. The molecule has 0 saturated carbocycles. The highest BCUT2D eigenvalue weighted by Gasteiger charge is 2.22. The number of benzene rings is 1. The van der Waals surface area contributed by atoms with Crippen LogP contribution >= 0.6 is 23.2 Å². The van der Waals surface area contributed by atoms with E-state index in [0.717, 1.165) is 0 Å². The van der Waals surface area contributed by atoms with Gasteiger partial charge < -0.3 is 14.2 Å². The average molecular weight is 335 g/mol. The minimum atomic E-state index is -0.935. The van der Waals surface area contributed by atoms with Crippen LogP contribution in [0.3, 0.4) is 0 Å². The van der Waals surface area contributed by atoms with Gasteiger partial charge in [0.15, 0.2) is 5.75 Å². The van der Waals surface area contributed by atoms with Gasteiger partial charge in [0, 0.05) is 0 Å². The number of carbonyl (C=O) groups excluding carboxylic acids is 2. The summed E-state index contributed by atoms with van der Waals surface area (Å²) in [5.41, 5.74) is -0.538. The normalized spacial score (nSPS) is 11.0. The van der Waals surface area contributed by atoms with Crippen LogP contribution in [-0.2, 0) is 9.47 Å². The van der Waals surface area contributed by atoms with E-state index < -0.39 is 17.7 Å². The molecule has 0 spiro atoms. The first-order valence-corrected chi connectivity index (χ1v) is 6.96. The van der Waals surface area contributed by atoms with Crippen molar-refractivity contribution in [3.63, 3.8) is 0 Å². The molecular formula is C14H16Cl2O5. The van der Waals surface area contributed by atoms with E-state index in [4.69, 9.17) is 37.4 Å². The van der Waals surface area contributed by atoms with Crippen LogP contribution in [0.1, 0.15) is 38.1 Å². The van der Waals surface area contributed by atoms with Gasteiger partial charge in [0.2, 0.25) is 0 Å². The highest BCUT2D eigenvalue weighted by Crippen LogP contribution is 2.35. The Morgan fingerprint density at radius 2 is 1.67 bits per heavy atom. The van der Waals surface area contributed by atoms with Crippen molar-refractivity contribution >= 4 is 35.3 Å². The maximum absolute atomic E-state index is 11.6. The number of hydrogen-bond donors (Lipinski definition) is 0. The van der Waals surface area contributed by atoms with E-state index in [-0.39, 0.29) is 28.0 Å². The van der Waals surface area contributed by atoms with Crippen LogP contribution in [0.25, 0.3) is 0 Å². The Morgan fingerprint density at radius 1 is 1.14 bits per heavy atom. The lowest BCUT2D eigenvalue weighted by atomic mass is 10.2.